The van der Waals surface area contributed by atoms with E-state index in [1.807, 2.05) is 6.07 Å². The van der Waals surface area contributed by atoms with Crippen LogP contribution in [0.15, 0.2) is 59.1 Å². The summed E-state index contributed by atoms with van der Waals surface area (Å²) >= 11 is 3.50. The van der Waals surface area contributed by atoms with Crippen LogP contribution in [0.4, 0.5) is 0 Å². The second-order valence-electron chi connectivity index (χ2n) is 5.67. The Morgan fingerprint density at radius 1 is 0.958 bits per heavy atom. The molecule has 0 aromatic heterocycles. The van der Waals surface area contributed by atoms with Gasteiger partial charge in [0.25, 0.3) is 0 Å². The fraction of sp³-hybridized carbons (Fsp3) is 0.368. The Labute approximate surface area is 158 Å². The van der Waals surface area contributed by atoms with E-state index in [9.17, 15) is 0 Å². The Bertz CT molecular complexity index is 588. The van der Waals surface area contributed by atoms with E-state index in [0.717, 1.165) is 43.9 Å². The largest absolute Gasteiger partial charge is 0.379 e. The van der Waals surface area contributed by atoms with Crippen molar-refractivity contribution in [2.75, 3.05) is 39.5 Å². The summed E-state index contributed by atoms with van der Waals surface area (Å²) in [5.74, 6) is 0. The van der Waals surface area contributed by atoms with Gasteiger partial charge in [-0.25, -0.2) is 0 Å². The molecule has 2 aromatic carbocycles. The zero-order chi connectivity index (χ0) is 15.9. The number of hydrogen-bond donors (Lipinski definition) is 0. The molecular weight excluding hydrogens is 390 g/mol. The quantitative estimate of drug-likeness (QED) is 0.706. The third kappa shape index (κ3) is 5.57. The summed E-state index contributed by atoms with van der Waals surface area (Å²) in [6.07, 6.45) is -0.0228. The van der Waals surface area contributed by atoms with Crippen LogP contribution < -0.4 is 0 Å². The number of rotatable bonds is 6. The molecule has 3 rings (SSSR count). The van der Waals surface area contributed by atoms with Crippen LogP contribution in [-0.2, 0) is 9.47 Å². The maximum absolute atomic E-state index is 6.26. The molecule has 24 heavy (non-hydrogen) atoms. The molecular formula is C19H23BrClNO2. The third-order valence-electron chi connectivity index (χ3n) is 4.07. The summed E-state index contributed by atoms with van der Waals surface area (Å²) in [5.41, 5.74) is 2.37. The predicted molar refractivity (Wildman–Crippen MR) is 103 cm³/mol. The van der Waals surface area contributed by atoms with Gasteiger partial charge in [0.2, 0.25) is 0 Å². The van der Waals surface area contributed by atoms with Gasteiger partial charge < -0.3 is 9.47 Å². The molecule has 0 spiro atoms. The summed E-state index contributed by atoms with van der Waals surface area (Å²) in [6, 6.07) is 18.8. The number of hydrogen-bond acceptors (Lipinski definition) is 3. The number of nitrogens with zero attached hydrogens (tertiary/aromatic N) is 1. The fourth-order valence-electron chi connectivity index (χ4n) is 2.77. The molecule has 130 valence electrons. The van der Waals surface area contributed by atoms with E-state index in [0.29, 0.717) is 0 Å². The fourth-order valence-corrected chi connectivity index (χ4v) is 3.04. The molecule has 3 nitrogen and oxygen atoms in total. The molecule has 2 aromatic rings. The lowest BCUT2D eigenvalue weighted by molar-refractivity contribution is 0.00967. The average molecular weight is 413 g/mol. The van der Waals surface area contributed by atoms with Gasteiger partial charge in [-0.1, -0.05) is 58.4 Å². The minimum atomic E-state index is -0.0228. The van der Waals surface area contributed by atoms with E-state index in [1.54, 1.807) is 0 Å². The second-order valence-corrected chi connectivity index (χ2v) is 6.58. The number of benzene rings is 2. The molecule has 1 atom stereocenters. The van der Waals surface area contributed by atoms with Crippen LogP contribution in [0.3, 0.4) is 0 Å². The zero-order valence-electron chi connectivity index (χ0n) is 13.6. The zero-order valence-corrected chi connectivity index (χ0v) is 16.0. The highest BCUT2D eigenvalue weighted by Gasteiger charge is 2.16. The number of morpholine rings is 1. The van der Waals surface area contributed by atoms with E-state index in [1.165, 1.54) is 11.1 Å². The van der Waals surface area contributed by atoms with Gasteiger partial charge in [0, 0.05) is 24.1 Å². The molecule has 0 N–H and O–H groups in total. The van der Waals surface area contributed by atoms with Crippen molar-refractivity contribution in [3.63, 3.8) is 0 Å². The van der Waals surface area contributed by atoms with Crippen molar-refractivity contribution < 1.29 is 9.47 Å². The standard InChI is InChI=1S/C19H22BrNO2.ClH/c20-18-8-6-17(7-9-18)19(16-4-2-1-3-5-16)23-15-12-21-10-13-22-14-11-21;/h1-9,19H,10-15H2;1H. The average Bonchev–Trinajstić information content (AvgIpc) is 2.61. The molecule has 1 aliphatic heterocycles. The maximum Gasteiger partial charge on any atom is 0.108 e. The molecule has 0 aliphatic carbocycles. The van der Waals surface area contributed by atoms with Crippen molar-refractivity contribution in [3.8, 4) is 0 Å². The normalized spacial score (nSPS) is 16.4. The van der Waals surface area contributed by atoms with Crippen LogP contribution in [0.1, 0.15) is 17.2 Å². The lowest BCUT2D eigenvalue weighted by Crippen LogP contribution is -2.38. The van der Waals surface area contributed by atoms with Crippen LogP contribution in [-0.4, -0.2) is 44.4 Å². The van der Waals surface area contributed by atoms with Crippen molar-refractivity contribution in [1.82, 2.24) is 4.90 Å². The smallest absolute Gasteiger partial charge is 0.108 e. The molecule has 1 saturated heterocycles. The lowest BCUT2D eigenvalue weighted by atomic mass is 10.0. The molecule has 0 bridgehead atoms. The Hall–Kier alpha value is -0.910. The Kier molecular flexibility index (Phi) is 8.22. The lowest BCUT2D eigenvalue weighted by Gasteiger charge is -2.27. The highest BCUT2D eigenvalue weighted by Crippen LogP contribution is 2.27. The van der Waals surface area contributed by atoms with E-state index in [4.69, 9.17) is 9.47 Å². The molecule has 0 amide bonds. The molecule has 0 saturated carbocycles. The number of ether oxygens (including phenoxy) is 2. The Morgan fingerprint density at radius 3 is 2.25 bits per heavy atom. The highest BCUT2D eigenvalue weighted by atomic mass is 79.9. The van der Waals surface area contributed by atoms with E-state index < -0.39 is 0 Å². The first-order valence-corrected chi connectivity index (χ1v) is 8.84. The summed E-state index contributed by atoms with van der Waals surface area (Å²) in [7, 11) is 0. The van der Waals surface area contributed by atoms with Crippen molar-refractivity contribution >= 4 is 28.3 Å². The van der Waals surface area contributed by atoms with Gasteiger partial charge in [0.1, 0.15) is 6.10 Å². The van der Waals surface area contributed by atoms with E-state index >= 15 is 0 Å². The summed E-state index contributed by atoms with van der Waals surface area (Å²) in [4.78, 5) is 2.40. The van der Waals surface area contributed by atoms with Crippen LogP contribution in [0.25, 0.3) is 0 Å². The van der Waals surface area contributed by atoms with Crippen molar-refractivity contribution in [3.05, 3.63) is 70.2 Å². The first-order valence-electron chi connectivity index (χ1n) is 8.05. The SMILES string of the molecule is Brc1ccc(C(OCCN2CCOCC2)c2ccccc2)cc1.Cl. The number of halogens is 2. The monoisotopic (exact) mass is 411 g/mol. The van der Waals surface area contributed by atoms with Crippen LogP contribution in [0.2, 0.25) is 0 Å². The van der Waals surface area contributed by atoms with Crippen molar-refractivity contribution in [2.24, 2.45) is 0 Å². The third-order valence-corrected chi connectivity index (χ3v) is 4.60. The molecule has 1 aliphatic rings. The Balaban J connectivity index is 0.00000208. The van der Waals surface area contributed by atoms with Gasteiger partial charge in [0.05, 0.1) is 19.8 Å². The summed E-state index contributed by atoms with van der Waals surface area (Å²) < 4.78 is 12.7. The summed E-state index contributed by atoms with van der Waals surface area (Å²) in [6.45, 7) is 5.32. The van der Waals surface area contributed by atoms with Crippen LogP contribution in [0, 0.1) is 0 Å². The molecule has 1 fully saturated rings. The van der Waals surface area contributed by atoms with E-state index in [-0.39, 0.29) is 18.5 Å². The predicted octanol–water partition coefficient (Wildman–Crippen LogP) is 4.31. The van der Waals surface area contributed by atoms with E-state index in [2.05, 4.69) is 69.4 Å². The van der Waals surface area contributed by atoms with Gasteiger partial charge in [-0.3, -0.25) is 4.90 Å². The second kappa shape index (κ2) is 10.2. The van der Waals surface area contributed by atoms with Gasteiger partial charge in [-0.2, -0.15) is 0 Å². The highest BCUT2D eigenvalue weighted by molar-refractivity contribution is 9.10. The molecule has 5 heteroatoms. The summed E-state index contributed by atoms with van der Waals surface area (Å²) in [5, 5.41) is 0. The van der Waals surface area contributed by atoms with Crippen molar-refractivity contribution in [1.29, 1.82) is 0 Å². The Morgan fingerprint density at radius 2 is 1.58 bits per heavy atom. The molecule has 1 unspecified atom stereocenters. The van der Waals surface area contributed by atoms with Gasteiger partial charge in [0.15, 0.2) is 0 Å². The van der Waals surface area contributed by atoms with Crippen LogP contribution >= 0.6 is 28.3 Å². The van der Waals surface area contributed by atoms with Gasteiger partial charge in [-0.15, -0.1) is 12.4 Å². The minimum Gasteiger partial charge on any atom is -0.379 e. The first-order chi connectivity index (χ1) is 11.3. The molecule has 0 radical (unpaired) electrons. The topological polar surface area (TPSA) is 21.7 Å². The molecule has 1 heterocycles. The van der Waals surface area contributed by atoms with Gasteiger partial charge >= 0.3 is 0 Å². The first kappa shape index (κ1) is 19.4. The minimum absolute atomic E-state index is 0. The van der Waals surface area contributed by atoms with Crippen LogP contribution in [0.5, 0.6) is 0 Å². The van der Waals surface area contributed by atoms with Crippen molar-refractivity contribution in [2.45, 2.75) is 6.10 Å². The van der Waals surface area contributed by atoms with Gasteiger partial charge in [-0.05, 0) is 23.3 Å². The maximum atomic E-state index is 6.26.